The van der Waals surface area contributed by atoms with Crippen molar-refractivity contribution in [2.24, 2.45) is 23.7 Å². The molecule has 5 fully saturated rings. The van der Waals surface area contributed by atoms with Crippen LogP contribution in [0.5, 0.6) is 0 Å². The molecule has 0 radical (unpaired) electrons. The van der Waals surface area contributed by atoms with Gasteiger partial charge in [-0.05, 0) is 68.6 Å². The number of carbonyl (C=O) groups is 1. The molecular formula is C14H20O2S. The highest BCUT2D eigenvalue weighted by atomic mass is 32.2. The highest BCUT2D eigenvalue weighted by molar-refractivity contribution is 8.02. The Kier molecular flexibility index (Phi) is 2.16. The Morgan fingerprint density at radius 2 is 1.53 bits per heavy atom. The lowest BCUT2D eigenvalue weighted by Crippen LogP contribution is -2.48. The van der Waals surface area contributed by atoms with E-state index in [1.54, 1.807) is 0 Å². The van der Waals surface area contributed by atoms with Crippen molar-refractivity contribution in [1.82, 2.24) is 0 Å². The number of hydrogen-bond donors (Lipinski definition) is 1. The van der Waals surface area contributed by atoms with Gasteiger partial charge in [0.1, 0.15) is 4.75 Å². The van der Waals surface area contributed by atoms with E-state index in [0.29, 0.717) is 5.25 Å². The zero-order valence-electron chi connectivity index (χ0n) is 10.1. The lowest BCUT2D eigenvalue weighted by Gasteiger charge is -2.54. The Hall–Kier alpha value is -0.180. The van der Waals surface area contributed by atoms with Crippen molar-refractivity contribution in [3.63, 3.8) is 0 Å². The summed E-state index contributed by atoms with van der Waals surface area (Å²) >= 11 is 1.86. The van der Waals surface area contributed by atoms with E-state index in [-0.39, 0.29) is 4.75 Å². The SMILES string of the molecule is O=C(O)C1(SC2C3CC4CC(C3)CC2C4)CC1. The van der Waals surface area contributed by atoms with Gasteiger partial charge < -0.3 is 5.11 Å². The van der Waals surface area contributed by atoms with Crippen LogP contribution in [0.4, 0.5) is 0 Å². The fourth-order valence-electron chi connectivity index (χ4n) is 4.82. The smallest absolute Gasteiger partial charge is 0.319 e. The molecule has 0 saturated heterocycles. The molecule has 0 heterocycles. The summed E-state index contributed by atoms with van der Waals surface area (Å²) in [7, 11) is 0. The first-order valence-corrected chi connectivity index (χ1v) is 7.95. The van der Waals surface area contributed by atoms with Gasteiger partial charge in [-0.1, -0.05) is 0 Å². The van der Waals surface area contributed by atoms with Gasteiger partial charge in [0, 0.05) is 5.25 Å². The molecule has 5 aliphatic carbocycles. The van der Waals surface area contributed by atoms with Gasteiger partial charge in [-0.3, -0.25) is 4.79 Å². The Morgan fingerprint density at radius 3 is 1.94 bits per heavy atom. The third kappa shape index (κ3) is 1.57. The molecule has 17 heavy (non-hydrogen) atoms. The van der Waals surface area contributed by atoms with Crippen LogP contribution in [-0.4, -0.2) is 21.1 Å². The first-order chi connectivity index (χ1) is 8.16. The molecule has 0 amide bonds. The van der Waals surface area contributed by atoms with Crippen LogP contribution in [0.15, 0.2) is 0 Å². The maximum absolute atomic E-state index is 11.3. The van der Waals surface area contributed by atoms with Gasteiger partial charge in [0.15, 0.2) is 0 Å². The molecule has 1 N–H and O–H groups in total. The summed E-state index contributed by atoms with van der Waals surface area (Å²) in [6, 6.07) is 0. The summed E-state index contributed by atoms with van der Waals surface area (Å²) in [6.45, 7) is 0. The van der Waals surface area contributed by atoms with E-state index in [1.165, 1.54) is 32.1 Å². The average molecular weight is 252 g/mol. The van der Waals surface area contributed by atoms with E-state index in [2.05, 4.69) is 0 Å². The fraction of sp³-hybridized carbons (Fsp3) is 0.929. The van der Waals surface area contributed by atoms with Crippen molar-refractivity contribution in [3.8, 4) is 0 Å². The van der Waals surface area contributed by atoms with Crippen LogP contribution in [-0.2, 0) is 4.79 Å². The number of aliphatic carboxylic acids is 1. The summed E-state index contributed by atoms with van der Waals surface area (Å²) in [5.74, 6) is 3.15. The lowest BCUT2D eigenvalue weighted by molar-refractivity contribution is -0.137. The molecule has 0 aliphatic heterocycles. The average Bonchev–Trinajstić information content (AvgIpc) is 3.03. The van der Waals surface area contributed by atoms with Crippen LogP contribution in [0.25, 0.3) is 0 Å². The molecule has 2 nitrogen and oxygen atoms in total. The molecule has 5 saturated carbocycles. The molecule has 3 heteroatoms. The molecule has 4 bridgehead atoms. The van der Waals surface area contributed by atoms with Crippen LogP contribution in [0.3, 0.4) is 0 Å². The van der Waals surface area contributed by atoms with Crippen LogP contribution in [0, 0.1) is 23.7 Å². The molecule has 0 aromatic rings. The zero-order chi connectivity index (χ0) is 11.6. The predicted octanol–water partition coefficient (Wildman–Crippen LogP) is 3.16. The minimum Gasteiger partial charge on any atom is -0.480 e. The van der Waals surface area contributed by atoms with Crippen molar-refractivity contribution in [2.75, 3.05) is 0 Å². The molecular weight excluding hydrogens is 232 g/mol. The summed E-state index contributed by atoms with van der Waals surface area (Å²) in [4.78, 5) is 11.3. The number of thioether (sulfide) groups is 1. The highest BCUT2D eigenvalue weighted by Crippen LogP contribution is 2.62. The van der Waals surface area contributed by atoms with E-state index in [1.807, 2.05) is 11.8 Å². The maximum Gasteiger partial charge on any atom is 0.319 e. The quantitative estimate of drug-likeness (QED) is 0.838. The lowest BCUT2D eigenvalue weighted by atomic mass is 9.56. The number of hydrogen-bond acceptors (Lipinski definition) is 2. The predicted molar refractivity (Wildman–Crippen MR) is 68.0 cm³/mol. The topological polar surface area (TPSA) is 37.3 Å². The molecule has 0 unspecified atom stereocenters. The number of carboxylic acid groups (broad SMARTS) is 1. The second-order valence-electron chi connectivity index (χ2n) is 6.81. The van der Waals surface area contributed by atoms with Crippen molar-refractivity contribution in [3.05, 3.63) is 0 Å². The third-order valence-corrected chi connectivity index (χ3v) is 7.67. The molecule has 0 atom stereocenters. The number of rotatable bonds is 3. The molecule has 0 aromatic carbocycles. The van der Waals surface area contributed by atoms with Crippen LogP contribution in [0.2, 0.25) is 0 Å². The first kappa shape index (κ1) is 10.7. The van der Waals surface area contributed by atoms with Crippen molar-refractivity contribution in [2.45, 2.75) is 54.9 Å². The summed E-state index contributed by atoms with van der Waals surface area (Å²) < 4.78 is -0.361. The van der Waals surface area contributed by atoms with Gasteiger partial charge in [-0.25, -0.2) is 0 Å². The van der Waals surface area contributed by atoms with Gasteiger partial charge >= 0.3 is 5.97 Å². The van der Waals surface area contributed by atoms with Crippen LogP contribution < -0.4 is 0 Å². The summed E-state index contributed by atoms with van der Waals surface area (Å²) in [5, 5.41) is 10.0. The van der Waals surface area contributed by atoms with Crippen LogP contribution >= 0.6 is 11.8 Å². The van der Waals surface area contributed by atoms with Gasteiger partial charge in [0.05, 0.1) is 0 Å². The zero-order valence-corrected chi connectivity index (χ0v) is 10.9. The Balaban J connectivity index is 1.53. The summed E-state index contributed by atoms with van der Waals surface area (Å²) in [6.07, 6.45) is 8.92. The Morgan fingerprint density at radius 1 is 1.00 bits per heavy atom. The van der Waals surface area contributed by atoms with E-state index < -0.39 is 5.97 Å². The highest BCUT2D eigenvalue weighted by Gasteiger charge is 2.57. The largest absolute Gasteiger partial charge is 0.480 e. The minimum absolute atomic E-state index is 0.361. The summed E-state index contributed by atoms with van der Waals surface area (Å²) in [5.41, 5.74) is 0. The first-order valence-electron chi connectivity index (χ1n) is 7.07. The van der Waals surface area contributed by atoms with Gasteiger partial charge in [-0.15, -0.1) is 11.8 Å². The van der Waals surface area contributed by atoms with E-state index in [4.69, 9.17) is 0 Å². The standard InChI is InChI=1S/C14H20O2S/c15-13(16)14(1-2-14)17-12-10-4-8-3-9(6-10)7-11(12)5-8/h8-12H,1-7H2,(H,15,16). The monoisotopic (exact) mass is 252 g/mol. The Bertz CT molecular complexity index is 333. The third-order valence-electron chi connectivity index (χ3n) is 5.60. The normalized spacial score (nSPS) is 49.3. The molecule has 5 rings (SSSR count). The van der Waals surface area contributed by atoms with Gasteiger partial charge in [0.25, 0.3) is 0 Å². The van der Waals surface area contributed by atoms with Gasteiger partial charge in [-0.2, -0.15) is 0 Å². The fourth-order valence-corrected chi connectivity index (χ4v) is 6.61. The van der Waals surface area contributed by atoms with Crippen LogP contribution in [0.1, 0.15) is 44.9 Å². The van der Waals surface area contributed by atoms with E-state index >= 15 is 0 Å². The molecule has 0 aromatic heterocycles. The molecule has 94 valence electrons. The van der Waals surface area contributed by atoms with Gasteiger partial charge in [0.2, 0.25) is 0 Å². The van der Waals surface area contributed by atoms with E-state index in [0.717, 1.165) is 36.5 Å². The number of carboxylic acids is 1. The molecule has 5 aliphatic rings. The second kappa shape index (κ2) is 3.43. The maximum atomic E-state index is 11.3. The van der Waals surface area contributed by atoms with Crippen molar-refractivity contribution < 1.29 is 9.90 Å². The van der Waals surface area contributed by atoms with Crippen molar-refractivity contribution >= 4 is 17.7 Å². The van der Waals surface area contributed by atoms with Crippen molar-refractivity contribution in [1.29, 1.82) is 0 Å². The minimum atomic E-state index is -0.545. The Labute approximate surface area is 107 Å². The van der Waals surface area contributed by atoms with E-state index in [9.17, 15) is 9.90 Å². The second-order valence-corrected chi connectivity index (χ2v) is 8.37. The molecule has 0 spiro atoms.